The third kappa shape index (κ3) is 5.37. The zero-order valence-corrected chi connectivity index (χ0v) is 14.8. The molecule has 0 aromatic heterocycles. The fraction of sp³-hybridized carbons (Fsp3) is 0.444. The van der Waals surface area contributed by atoms with Crippen LogP contribution < -0.4 is 10.2 Å². The number of anilines is 2. The molecular weight excluding hydrogens is 363 g/mol. The number of halogens is 3. The average molecular weight is 383 g/mol. The summed E-state index contributed by atoms with van der Waals surface area (Å²) < 4.78 is 42.3. The highest BCUT2D eigenvalue weighted by Gasteiger charge is 2.38. The molecule has 1 fully saturated rings. The standard InChI is InChI=1S/C18H20F3N3O3/c1-3-11-27-16(25)14-12-13(22-17(26)18(19,20)21)5-6-15(14)24-9-7-23(4-2)8-10-24/h1,5-6,12H,4,7-11H2,2H3,(H,22,26). The van der Waals surface area contributed by atoms with Crippen molar-refractivity contribution in [3.63, 3.8) is 0 Å². The number of amides is 1. The number of rotatable bonds is 5. The van der Waals surface area contributed by atoms with Gasteiger partial charge in [0.1, 0.15) is 0 Å². The van der Waals surface area contributed by atoms with Crippen molar-refractivity contribution in [1.82, 2.24) is 4.90 Å². The van der Waals surface area contributed by atoms with Crippen molar-refractivity contribution >= 4 is 23.3 Å². The first-order valence-electron chi connectivity index (χ1n) is 8.36. The minimum absolute atomic E-state index is 0.0511. The van der Waals surface area contributed by atoms with Crippen molar-refractivity contribution < 1.29 is 27.5 Å². The summed E-state index contributed by atoms with van der Waals surface area (Å²) in [6.45, 7) is 5.59. The molecule has 0 atom stereocenters. The Labute approximate surface area is 155 Å². The molecule has 27 heavy (non-hydrogen) atoms. The number of nitrogens with one attached hydrogen (secondary N) is 1. The van der Waals surface area contributed by atoms with Gasteiger partial charge in [-0.3, -0.25) is 4.79 Å². The lowest BCUT2D eigenvalue weighted by Crippen LogP contribution is -2.46. The van der Waals surface area contributed by atoms with Crippen LogP contribution in [0.5, 0.6) is 0 Å². The number of carbonyl (C=O) groups is 2. The highest BCUT2D eigenvalue weighted by molar-refractivity contribution is 6.00. The first kappa shape index (κ1) is 20.6. The van der Waals surface area contributed by atoms with Crippen molar-refractivity contribution in [2.45, 2.75) is 13.1 Å². The van der Waals surface area contributed by atoms with E-state index in [9.17, 15) is 22.8 Å². The predicted molar refractivity (Wildman–Crippen MR) is 94.6 cm³/mol. The molecule has 0 spiro atoms. The molecule has 1 amide bonds. The number of alkyl halides is 3. The molecule has 2 rings (SSSR count). The van der Waals surface area contributed by atoms with Crippen molar-refractivity contribution in [3.8, 4) is 12.3 Å². The van der Waals surface area contributed by atoms with E-state index < -0.39 is 18.1 Å². The molecule has 1 saturated heterocycles. The molecule has 0 bridgehead atoms. The topological polar surface area (TPSA) is 61.9 Å². The van der Waals surface area contributed by atoms with Crippen LogP contribution in [0, 0.1) is 12.3 Å². The minimum atomic E-state index is -5.03. The van der Waals surface area contributed by atoms with E-state index in [1.54, 1.807) is 5.32 Å². The predicted octanol–water partition coefficient (Wildman–Crippen LogP) is 2.12. The highest BCUT2D eigenvalue weighted by atomic mass is 19.4. The molecule has 0 aliphatic carbocycles. The van der Waals surface area contributed by atoms with Crippen LogP contribution in [0.2, 0.25) is 0 Å². The zero-order valence-electron chi connectivity index (χ0n) is 14.8. The molecular formula is C18H20F3N3O3. The van der Waals surface area contributed by atoms with E-state index in [0.29, 0.717) is 18.8 Å². The summed E-state index contributed by atoms with van der Waals surface area (Å²) in [4.78, 5) is 27.7. The number of nitrogens with zero attached hydrogens (tertiary/aromatic N) is 2. The Morgan fingerprint density at radius 2 is 1.93 bits per heavy atom. The molecule has 0 radical (unpaired) electrons. The number of terminal acetylenes is 1. The van der Waals surface area contributed by atoms with Gasteiger partial charge in [-0.1, -0.05) is 12.8 Å². The van der Waals surface area contributed by atoms with Gasteiger partial charge in [-0.05, 0) is 24.7 Å². The van der Waals surface area contributed by atoms with E-state index in [0.717, 1.165) is 19.6 Å². The lowest BCUT2D eigenvalue weighted by atomic mass is 10.1. The summed E-state index contributed by atoms with van der Waals surface area (Å²) in [7, 11) is 0. The molecule has 1 aliphatic rings. The Bertz CT molecular complexity index is 736. The van der Waals surface area contributed by atoms with Crippen LogP contribution in [0.15, 0.2) is 18.2 Å². The Balaban J connectivity index is 2.28. The fourth-order valence-corrected chi connectivity index (χ4v) is 2.74. The molecule has 9 heteroatoms. The summed E-state index contributed by atoms with van der Waals surface area (Å²) in [5.74, 6) is -0.711. The van der Waals surface area contributed by atoms with Gasteiger partial charge in [-0.2, -0.15) is 13.2 Å². The van der Waals surface area contributed by atoms with E-state index in [4.69, 9.17) is 11.2 Å². The second-order valence-electron chi connectivity index (χ2n) is 5.89. The van der Waals surface area contributed by atoms with E-state index in [2.05, 4.69) is 17.7 Å². The minimum Gasteiger partial charge on any atom is -0.449 e. The SMILES string of the molecule is C#CCOC(=O)c1cc(NC(=O)C(F)(F)F)ccc1N1CCN(CC)CC1. The number of benzene rings is 1. The third-order valence-electron chi connectivity index (χ3n) is 4.18. The summed E-state index contributed by atoms with van der Waals surface area (Å²) in [6.07, 6.45) is 0.0564. The maximum Gasteiger partial charge on any atom is 0.471 e. The van der Waals surface area contributed by atoms with Gasteiger partial charge in [0.05, 0.1) is 11.3 Å². The van der Waals surface area contributed by atoms with Crippen molar-refractivity contribution in [2.75, 3.05) is 49.5 Å². The van der Waals surface area contributed by atoms with Crippen LogP contribution in [0.3, 0.4) is 0 Å². The first-order valence-corrected chi connectivity index (χ1v) is 8.36. The summed E-state index contributed by atoms with van der Waals surface area (Å²) in [5, 5.41) is 1.74. The fourth-order valence-electron chi connectivity index (χ4n) is 2.74. The molecule has 1 N–H and O–H groups in total. The van der Waals surface area contributed by atoms with Gasteiger partial charge >= 0.3 is 18.1 Å². The van der Waals surface area contributed by atoms with Gasteiger partial charge in [0.15, 0.2) is 6.61 Å². The molecule has 1 heterocycles. The number of esters is 1. The molecule has 1 aromatic rings. The van der Waals surface area contributed by atoms with Crippen LogP contribution in [0.1, 0.15) is 17.3 Å². The molecule has 0 saturated carbocycles. The lowest BCUT2D eigenvalue weighted by molar-refractivity contribution is -0.167. The van der Waals surface area contributed by atoms with Crippen molar-refractivity contribution in [2.24, 2.45) is 0 Å². The van der Waals surface area contributed by atoms with Gasteiger partial charge in [-0.25, -0.2) is 4.79 Å². The summed E-state index contributed by atoms with van der Waals surface area (Å²) >= 11 is 0. The monoisotopic (exact) mass is 383 g/mol. The summed E-state index contributed by atoms with van der Waals surface area (Å²) in [6, 6.07) is 3.99. The zero-order chi connectivity index (χ0) is 20.0. The van der Waals surface area contributed by atoms with Gasteiger partial charge in [-0.15, -0.1) is 6.42 Å². The molecule has 1 aromatic carbocycles. The number of carbonyl (C=O) groups excluding carboxylic acids is 2. The van der Waals surface area contributed by atoms with E-state index in [-0.39, 0.29) is 17.9 Å². The number of hydrogen-bond donors (Lipinski definition) is 1. The highest BCUT2D eigenvalue weighted by Crippen LogP contribution is 2.27. The van der Waals surface area contributed by atoms with Crippen molar-refractivity contribution in [1.29, 1.82) is 0 Å². The maximum absolute atomic E-state index is 12.5. The van der Waals surface area contributed by atoms with Crippen LogP contribution >= 0.6 is 0 Å². The Kier molecular flexibility index (Phi) is 6.69. The second kappa shape index (κ2) is 8.77. The van der Waals surface area contributed by atoms with Crippen molar-refractivity contribution in [3.05, 3.63) is 23.8 Å². The first-order chi connectivity index (χ1) is 12.8. The lowest BCUT2D eigenvalue weighted by Gasteiger charge is -2.36. The number of hydrogen-bond acceptors (Lipinski definition) is 5. The van der Waals surface area contributed by atoms with E-state index in [1.165, 1.54) is 18.2 Å². The molecule has 6 nitrogen and oxygen atoms in total. The smallest absolute Gasteiger partial charge is 0.449 e. The quantitative estimate of drug-likeness (QED) is 0.624. The number of likely N-dealkylation sites (N-methyl/N-ethyl adjacent to an activating group) is 1. The van der Waals surface area contributed by atoms with E-state index >= 15 is 0 Å². The molecule has 146 valence electrons. The number of ether oxygens (including phenoxy) is 1. The number of piperazine rings is 1. The maximum atomic E-state index is 12.5. The molecule has 1 aliphatic heterocycles. The average Bonchev–Trinajstić information content (AvgIpc) is 2.65. The Hall–Kier alpha value is -2.73. The second-order valence-corrected chi connectivity index (χ2v) is 5.89. The summed E-state index contributed by atoms with van der Waals surface area (Å²) in [5.41, 5.74) is 0.425. The Morgan fingerprint density at radius 1 is 1.26 bits per heavy atom. The van der Waals surface area contributed by atoms with Gasteiger partial charge in [0.25, 0.3) is 0 Å². The Morgan fingerprint density at radius 3 is 2.48 bits per heavy atom. The normalized spacial score (nSPS) is 15.1. The third-order valence-corrected chi connectivity index (χ3v) is 4.18. The van der Waals surface area contributed by atoms with E-state index in [1.807, 2.05) is 4.90 Å². The van der Waals surface area contributed by atoms with Crippen LogP contribution in [-0.4, -0.2) is 62.3 Å². The van der Waals surface area contributed by atoms with Crippen LogP contribution in [0.4, 0.5) is 24.5 Å². The van der Waals surface area contributed by atoms with Crippen LogP contribution in [0.25, 0.3) is 0 Å². The van der Waals surface area contributed by atoms with Crippen LogP contribution in [-0.2, 0) is 9.53 Å². The largest absolute Gasteiger partial charge is 0.471 e. The molecule has 0 unspecified atom stereocenters. The van der Waals surface area contributed by atoms with Gasteiger partial charge in [0, 0.05) is 31.9 Å². The van der Waals surface area contributed by atoms with Gasteiger partial charge < -0.3 is 19.9 Å². The van der Waals surface area contributed by atoms with Gasteiger partial charge in [0.2, 0.25) is 0 Å².